The molecule has 1 saturated carbocycles. The summed E-state index contributed by atoms with van der Waals surface area (Å²) in [7, 11) is 0. The number of halogens is 1. The molecule has 3 nitrogen and oxygen atoms in total. The molecule has 1 aromatic rings. The summed E-state index contributed by atoms with van der Waals surface area (Å²) < 4.78 is 6.56. The SMILES string of the molecule is Cc1cc(Br)cc(CN(C(=O)OC(C)(C)C)C2CC2)c1. The Labute approximate surface area is 129 Å². The lowest BCUT2D eigenvalue weighted by molar-refractivity contribution is 0.0216. The van der Waals surface area contributed by atoms with E-state index < -0.39 is 5.60 Å². The number of rotatable bonds is 3. The van der Waals surface area contributed by atoms with Gasteiger partial charge in [0.25, 0.3) is 0 Å². The largest absolute Gasteiger partial charge is 0.444 e. The van der Waals surface area contributed by atoms with Crippen molar-refractivity contribution in [2.75, 3.05) is 0 Å². The molecule has 0 radical (unpaired) electrons. The van der Waals surface area contributed by atoms with E-state index in [1.54, 1.807) is 0 Å². The number of hydrogen-bond donors (Lipinski definition) is 0. The first kappa shape index (κ1) is 15.4. The van der Waals surface area contributed by atoms with Crippen molar-refractivity contribution in [3.8, 4) is 0 Å². The third-order valence-corrected chi connectivity index (χ3v) is 3.53. The summed E-state index contributed by atoms with van der Waals surface area (Å²) in [5.74, 6) is 0. The summed E-state index contributed by atoms with van der Waals surface area (Å²) in [5, 5.41) is 0. The van der Waals surface area contributed by atoms with Crippen LogP contribution in [0.25, 0.3) is 0 Å². The Kier molecular flexibility index (Phi) is 4.43. The lowest BCUT2D eigenvalue weighted by Gasteiger charge is -2.27. The minimum absolute atomic E-state index is 0.211. The van der Waals surface area contributed by atoms with E-state index in [1.807, 2.05) is 25.7 Å². The molecular formula is C16H22BrNO2. The number of carbonyl (C=O) groups excluding carboxylic acids is 1. The van der Waals surface area contributed by atoms with Gasteiger partial charge < -0.3 is 9.64 Å². The predicted molar refractivity (Wildman–Crippen MR) is 83.7 cm³/mol. The van der Waals surface area contributed by atoms with Crippen LogP contribution in [0.15, 0.2) is 22.7 Å². The van der Waals surface area contributed by atoms with Crippen LogP contribution in [0, 0.1) is 6.92 Å². The van der Waals surface area contributed by atoms with Gasteiger partial charge in [-0.15, -0.1) is 0 Å². The van der Waals surface area contributed by atoms with Gasteiger partial charge in [-0.3, -0.25) is 0 Å². The molecule has 1 aromatic carbocycles. The van der Waals surface area contributed by atoms with Gasteiger partial charge in [-0.1, -0.05) is 22.0 Å². The minimum atomic E-state index is -0.447. The lowest BCUT2D eigenvalue weighted by Crippen LogP contribution is -2.37. The van der Waals surface area contributed by atoms with Crippen LogP contribution in [-0.4, -0.2) is 22.6 Å². The monoisotopic (exact) mass is 339 g/mol. The summed E-state index contributed by atoms with van der Waals surface area (Å²) >= 11 is 3.51. The Morgan fingerprint density at radius 3 is 2.50 bits per heavy atom. The topological polar surface area (TPSA) is 29.5 Å². The van der Waals surface area contributed by atoms with Gasteiger partial charge in [0.1, 0.15) is 5.60 Å². The fourth-order valence-electron chi connectivity index (χ4n) is 2.15. The van der Waals surface area contributed by atoms with E-state index in [0.29, 0.717) is 12.6 Å². The van der Waals surface area contributed by atoms with Gasteiger partial charge in [0, 0.05) is 17.1 Å². The quantitative estimate of drug-likeness (QED) is 0.801. The normalized spacial score (nSPS) is 15.1. The van der Waals surface area contributed by atoms with Gasteiger partial charge >= 0.3 is 6.09 Å². The molecule has 4 heteroatoms. The van der Waals surface area contributed by atoms with E-state index in [1.165, 1.54) is 5.56 Å². The number of amides is 1. The highest BCUT2D eigenvalue weighted by molar-refractivity contribution is 9.10. The molecule has 0 bridgehead atoms. The third-order valence-electron chi connectivity index (χ3n) is 3.07. The highest BCUT2D eigenvalue weighted by Gasteiger charge is 2.35. The number of nitrogens with zero attached hydrogens (tertiary/aromatic N) is 1. The van der Waals surface area contributed by atoms with Crippen molar-refractivity contribution in [1.29, 1.82) is 0 Å². The summed E-state index contributed by atoms with van der Waals surface area (Å²) in [6.07, 6.45) is 1.94. The van der Waals surface area contributed by atoms with Gasteiger partial charge in [0.2, 0.25) is 0 Å². The molecule has 0 saturated heterocycles. The molecule has 2 rings (SSSR count). The molecule has 20 heavy (non-hydrogen) atoms. The van der Waals surface area contributed by atoms with Gasteiger partial charge in [0.05, 0.1) is 0 Å². The van der Waals surface area contributed by atoms with Crippen molar-refractivity contribution < 1.29 is 9.53 Å². The first-order valence-corrected chi connectivity index (χ1v) is 7.79. The second-order valence-corrected chi connectivity index (χ2v) is 7.39. The Morgan fingerprint density at radius 1 is 1.35 bits per heavy atom. The first-order valence-electron chi connectivity index (χ1n) is 7.00. The molecule has 0 unspecified atom stereocenters. The van der Waals surface area contributed by atoms with Crippen molar-refractivity contribution in [3.63, 3.8) is 0 Å². The van der Waals surface area contributed by atoms with Crippen molar-refractivity contribution >= 4 is 22.0 Å². The number of ether oxygens (including phenoxy) is 1. The zero-order chi connectivity index (χ0) is 14.9. The summed E-state index contributed by atoms with van der Waals surface area (Å²) in [6.45, 7) is 8.38. The number of aryl methyl sites for hydroxylation is 1. The van der Waals surface area contributed by atoms with E-state index in [-0.39, 0.29) is 6.09 Å². The van der Waals surface area contributed by atoms with E-state index >= 15 is 0 Å². The summed E-state index contributed by atoms with van der Waals surface area (Å²) in [4.78, 5) is 14.2. The van der Waals surface area contributed by atoms with E-state index in [4.69, 9.17) is 4.74 Å². The van der Waals surface area contributed by atoms with Crippen LogP contribution in [0.1, 0.15) is 44.7 Å². The van der Waals surface area contributed by atoms with E-state index in [9.17, 15) is 4.79 Å². The third kappa shape index (κ3) is 4.51. The molecule has 0 heterocycles. The Bertz CT molecular complexity index is 483. The molecule has 1 aliphatic carbocycles. The Morgan fingerprint density at radius 2 is 2.00 bits per heavy atom. The molecule has 0 aliphatic heterocycles. The maximum atomic E-state index is 12.3. The van der Waals surface area contributed by atoms with Crippen LogP contribution in [-0.2, 0) is 11.3 Å². The molecule has 0 spiro atoms. The van der Waals surface area contributed by atoms with Crippen molar-refractivity contribution in [1.82, 2.24) is 4.90 Å². The average Bonchev–Trinajstić information content (AvgIpc) is 3.05. The molecule has 0 atom stereocenters. The van der Waals surface area contributed by atoms with Crippen molar-refractivity contribution in [2.24, 2.45) is 0 Å². The van der Waals surface area contributed by atoms with Gasteiger partial charge in [-0.2, -0.15) is 0 Å². The highest BCUT2D eigenvalue weighted by Crippen LogP contribution is 2.30. The zero-order valence-electron chi connectivity index (χ0n) is 12.6. The molecule has 1 fully saturated rings. The van der Waals surface area contributed by atoms with E-state index in [2.05, 4.69) is 41.1 Å². The van der Waals surface area contributed by atoms with Crippen LogP contribution >= 0.6 is 15.9 Å². The smallest absolute Gasteiger partial charge is 0.410 e. The minimum Gasteiger partial charge on any atom is -0.444 e. The van der Waals surface area contributed by atoms with E-state index in [0.717, 1.165) is 22.9 Å². The zero-order valence-corrected chi connectivity index (χ0v) is 14.2. The summed E-state index contributed by atoms with van der Waals surface area (Å²) in [5.41, 5.74) is 1.88. The molecule has 1 amide bonds. The van der Waals surface area contributed by atoms with Gasteiger partial charge in [-0.25, -0.2) is 4.79 Å². The van der Waals surface area contributed by atoms with Crippen molar-refractivity contribution in [2.45, 2.75) is 58.7 Å². The Balaban J connectivity index is 2.11. The second-order valence-electron chi connectivity index (χ2n) is 6.48. The van der Waals surface area contributed by atoms with Crippen LogP contribution in [0.3, 0.4) is 0 Å². The average molecular weight is 340 g/mol. The highest BCUT2D eigenvalue weighted by atomic mass is 79.9. The molecular weight excluding hydrogens is 318 g/mol. The number of hydrogen-bond acceptors (Lipinski definition) is 2. The van der Waals surface area contributed by atoms with Crippen LogP contribution < -0.4 is 0 Å². The number of benzene rings is 1. The summed E-state index contributed by atoms with van der Waals surface area (Å²) in [6, 6.07) is 6.58. The maximum Gasteiger partial charge on any atom is 0.410 e. The first-order chi connectivity index (χ1) is 9.24. The van der Waals surface area contributed by atoms with Crippen LogP contribution in [0.4, 0.5) is 4.79 Å². The maximum absolute atomic E-state index is 12.3. The van der Waals surface area contributed by atoms with Crippen LogP contribution in [0.2, 0.25) is 0 Å². The lowest BCUT2D eigenvalue weighted by atomic mass is 10.1. The fourth-order valence-corrected chi connectivity index (χ4v) is 2.80. The molecule has 1 aliphatic rings. The Hall–Kier alpha value is -1.03. The van der Waals surface area contributed by atoms with Gasteiger partial charge in [0.15, 0.2) is 0 Å². The standard InChI is InChI=1S/C16H22BrNO2/c1-11-7-12(9-13(17)8-11)10-18(14-5-6-14)15(19)20-16(2,3)4/h7-9,14H,5-6,10H2,1-4H3. The van der Waals surface area contributed by atoms with Crippen LogP contribution in [0.5, 0.6) is 0 Å². The molecule has 0 N–H and O–H groups in total. The van der Waals surface area contributed by atoms with Crippen molar-refractivity contribution in [3.05, 3.63) is 33.8 Å². The van der Waals surface area contributed by atoms with Gasteiger partial charge in [-0.05, 0) is 63.8 Å². The molecule has 110 valence electrons. The number of carbonyl (C=O) groups is 1. The predicted octanol–water partition coefficient (Wildman–Crippen LogP) is 4.66. The second kappa shape index (κ2) is 5.76. The molecule has 0 aromatic heterocycles. The fraction of sp³-hybridized carbons (Fsp3) is 0.562.